The predicted molar refractivity (Wildman–Crippen MR) is 111 cm³/mol. The Hall–Kier alpha value is -3.54. The number of pyridine rings is 1. The molecule has 0 unspecified atom stereocenters. The maximum Gasteiger partial charge on any atom is 0.262 e. The molecule has 0 saturated carbocycles. The minimum absolute atomic E-state index is 0.122. The van der Waals surface area contributed by atoms with Crippen LogP contribution in [0.25, 0.3) is 0 Å². The van der Waals surface area contributed by atoms with Gasteiger partial charge in [-0.2, -0.15) is 0 Å². The fourth-order valence-corrected chi connectivity index (χ4v) is 2.64. The molecule has 0 atom stereocenters. The number of amides is 1. The zero-order chi connectivity index (χ0) is 19.9. The van der Waals surface area contributed by atoms with Gasteiger partial charge in [0.15, 0.2) is 18.1 Å². The molecule has 28 heavy (non-hydrogen) atoms. The molecule has 6 heteroatoms. The Morgan fingerprint density at radius 1 is 1.00 bits per heavy atom. The van der Waals surface area contributed by atoms with E-state index in [0.717, 1.165) is 5.69 Å². The third kappa shape index (κ3) is 4.79. The van der Waals surface area contributed by atoms with Crippen molar-refractivity contribution >= 4 is 23.1 Å². The lowest BCUT2D eigenvalue weighted by molar-refractivity contribution is -0.118. The van der Waals surface area contributed by atoms with E-state index in [9.17, 15) is 4.79 Å². The molecule has 2 N–H and O–H groups in total. The van der Waals surface area contributed by atoms with Crippen LogP contribution in [0.4, 0.5) is 17.2 Å². The van der Waals surface area contributed by atoms with E-state index in [2.05, 4.69) is 35.5 Å². The Labute approximate surface area is 164 Å². The quantitative estimate of drug-likeness (QED) is 0.636. The number of carbonyl (C=O) groups is 1. The van der Waals surface area contributed by atoms with Crippen molar-refractivity contribution in [2.24, 2.45) is 0 Å². The summed E-state index contributed by atoms with van der Waals surface area (Å²) in [5.74, 6) is 1.53. The number of anilines is 3. The van der Waals surface area contributed by atoms with Crippen molar-refractivity contribution < 1.29 is 14.3 Å². The van der Waals surface area contributed by atoms with Crippen LogP contribution >= 0.6 is 0 Å². The summed E-state index contributed by atoms with van der Waals surface area (Å²) < 4.78 is 10.7. The van der Waals surface area contributed by atoms with Crippen molar-refractivity contribution in [2.45, 2.75) is 13.8 Å². The summed E-state index contributed by atoms with van der Waals surface area (Å²) in [6.07, 6.45) is 1.61. The Morgan fingerprint density at radius 2 is 1.79 bits per heavy atom. The van der Waals surface area contributed by atoms with Crippen molar-refractivity contribution in [3.05, 3.63) is 71.9 Å². The summed E-state index contributed by atoms with van der Waals surface area (Å²) in [7, 11) is 1.56. The number of nitrogens with zero attached hydrogens (tertiary/aromatic N) is 1. The topological polar surface area (TPSA) is 72.5 Å². The number of aromatic nitrogens is 1. The van der Waals surface area contributed by atoms with Crippen molar-refractivity contribution in [3.63, 3.8) is 0 Å². The van der Waals surface area contributed by atoms with Crippen LogP contribution in [0.15, 0.2) is 60.8 Å². The molecule has 144 valence electrons. The molecule has 0 radical (unpaired) electrons. The van der Waals surface area contributed by atoms with Gasteiger partial charge in [0.05, 0.1) is 19.0 Å². The van der Waals surface area contributed by atoms with E-state index in [1.807, 2.05) is 30.3 Å². The second kappa shape index (κ2) is 8.90. The number of ether oxygens (including phenoxy) is 2. The third-order valence-electron chi connectivity index (χ3n) is 4.34. The molecule has 2 aromatic carbocycles. The fourth-order valence-electron chi connectivity index (χ4n) is 2.64. The van der Waals surface area contributed by atoms with Gasteiger partial charge < -0.3 is 20.1 Å². The molecule has 1 heterocycles. The molecule has 0 spiro atoms. The highest BCUT2D eigenvalue weighted by Gasteiger charge is 2.08. The highest BCUT2D eigenvalue weighted by atomic mass is 16.5. The highest BCUT2D eigenvalue weighted by molar-refractivity contribution is 5.91. The number of methoxy groups -OCH3 is 1. The predicted octanol–water partition coefficient (Wildman–Crippen LogP) is 4.47. The molecule has 0 aliphatic rings. The van der Waals surface area contributed by atoms with Gasteiger partial charge in [0.25, 0.3) is 5.91 Å². The molecule has 1 aromatic heterocycles. The van der Waals surface area contributed by atoms with Crippen LogP contribution in [0.2, 0.25) is 0 Å². The Balaban J connectivity index is 1.56. The van der Waals surface area contributed by atoms with Gasteiger partial charge in [-0.1, -0.05) is 24.3 Å². The monoisotopic (exact) mass is 377 g/mol. The van der Waals surface area contributed by atoms with E-state index in [-0.39, 0.29) is 12.5 Å². The van der Waals surface area contributed by atoms with Gasteiger partial charge in [-0.15, -0.1) is 0 Å². The van der Waals surface area contributed by atoms with Crippen molar-refractivity contribution in [1.29, 1.82) is 0 Å². The summed E-state index contributed by atoms with van der Waals surface area (Å²) in [6.45, 7) is 4.01. The normalized spacial score (nSPS) is 10.2. The van der Waals surface area contributed by atoms with Crippen molar-refractivity contribution in [1.82, 2.24) is 4.98 Å². The molecular weight excluding hydrogens is 354 g/mol. The number of benzene rings is 2. The summed E-state index contributed by atoms with van der Waals surface area (Å²) in [5.41, 5.74) is 3.99. The summed E-state index contributed by atoms with van der Waals surface area (Å²) in [5, 5.41) is 6.06. The SMILES string of the molecule is COc1ccccc1OCC(=O)Nc1ccc(Nc2cccc(C)c2C)nc1. The molecule has 0 bridgehead atoms. The molecular formula is C22H23N3O3. The summed E-state index contributed by atoms with van der Waals surface area (Å²) >= 11 is 0. The largest absolute Gasteiger partial charge is 0.493 e. The minimum Gasteiger partial charge on any atom is -0.493 e. The average Bonchev–Trinajstić information content (AvgIpc) is 2.71. The lowest BCUT2D eigenvalue weighted by atomic mass is 10.1. The zero-order valence-corrected chi connectivity index (χ0v) is 16.2. The molecule has 6 nitrogen and oxygen atoms in total. The van der Waals surface area contributed by atoms with E-state index in [1.165, 1.54) is 11.1 Å². The van der Waals surface area contributed by atoms with Crippen LogP contribution in [0.5, 0.6) is 11.5 Å². The minimum atomic E-state index is -0.275. The molecule has 0 fully saturated rings. The highest BCUT2D eigenvalue weighted by Crippen LogP contribution is 2.26. The molecule has 0 saturated heterocycles. The van der Waals surface area contributed by atoms with E-state index in [0.29, 0.717) is 23.0 Å². The van der Waals surface area contributed by atoms with Crippen LogP contribution in [0.1, 0.15) is 11.1 Å². The average molecular weight is 377 g/mol. The van der Waals surface area contributed by atoms with E-state index >= 15 is 0 Å². The molecule has 3 rings (SSSR count). The van der Waals surface area contributed by atoms with Crippen LogP contribution in [-0.2, 0) is 4.79 Å². The molecule has 3 aromatic rings. The summed E-state index contributed by atoms with van der Waals surface area (Å²) in [6, 6.07) is 16.9. The van der Waals surface area contributed by atoms with Crippen molar-refractivity contribution in [2.75, 3.05) is 24.4 Å². The Kier molecular flexibility index (Phi) is 6.11. The van der Waals surface area contributed by atoms with Gasteiger partial charge in [0, 0.05) is 5.69 Å². The van der Waals surface area contributed by atoms with E-state index < -0.39 is 0 Å². The number of rotatable bonds is 7. The number of carbonyl (C=O) groups excluding carboxylic acids is 1. The number of nitrogens with one attached hydrogen (secondary N) is 2. The van der Waals surface area contributed by atoms with Gasteiger partial charge in [-0.25, -0.2) is 4.98 Å². The standard InChI is InChI=1S/C22H23N3O3/c1-15-7-6-8-18(16(15)2)25-21-12-11-17(13-23-21)24-22(26)14-28-20-10-5-4-9-19(20)27-3/h4-13H,14H2,1-3H3,(H,23,25)(H,24,26). The van der Waals surface area contributed by atoms with Crippen molar-refractivity contribution in [3.8, 4) is 11.5 Å². The molecule has 0 aliphatic heterocycles. The van der Waals surface area contributed by atoms with Crippen LogP contribution < -0.4 is 20.1 Å². The van der Waals surface area contributed by atoms with Gasteiger partial charge in [-0.05, 0) is 55.3 Å². The van der Waals surface area contributed by atoms with E-state index in [1.54, 1.807) is 31.5 Å². The molecule has 1 amide bonds. The van der Waals surface area contributed by atoms with E-state index in [4.69, 9.17) is 9.47 Å². The first kappa shape index (κ1) is 19.2. The zero-order valence-electron chi connectivity index (χ0n) is 16.2. The lowest BCUT2D eigenvalue weighted by Crippen LogP contribution is -2.20. The first-order valence-corrected chi connectivity index (χ1v) is 8.92. The first-order valence-electron chi connectivity index (χ1n) is 8.92. The Bertz CT molecular complexity index is 955. The van der Waals surface area contributed by atoms with Gasteiger partial charge in [-0.3, -0.25) is 4.79 Å². The second-order valence-corrected chi connectivity index (χ2v) is 6.29. The fraction of sp³-hybridized carbons (Fsp3) is 0.182. The lowest BCUT2D eigenvalue weighted by Gasteiger charge is -2.12. The van der Waals surface area contributed by atoms with Crippen LogP contribution in [0, 0.1) is 13.8 Å². The van der Waals surface area contributed by atoms with Gasteiger partial charge >= 0.3 is 0 Å². The maximum absolute atomic E-state index is 12.1. The number of aryl methyl sites for hydroxylation is 1. The van der Waals surface area contributed by atoms with Crippen LogP contribution in [0.3, 0.4) is 0 Å². The second-order valence-electron chi connectivity index (χ2n) is 6.29. The van der Waals surface area contributed by atoms with Gasteiger partial charge in [0.1, 0.15) is 5.82 Å². The van der Waals surface area contributed by atoms with Crippen LogP contribution in [-0.4, -0.2) is 24.6 Å². The van der Waals surface area contributed by atoms with Gasteiger partial charge in [0.2, 0.25) is 0 Å². The number of hydrogen-bond donors (Lipinski definition) is 2. The number of para-hydroxylation sites is 2. The first-order chi connectivity index (χ1) is 13.6. The Morgan fingerprint density at radius 3 is 2.50 bits per heavy atom. The number of hydrogen-bond acceptors (Lipinski definition) is 5. The summed E-state index contributed by atoms with van der Waals surface area (Å²) in [4.78, 5) is 16.5. The molecule has 0 aliphatic carbocycles. The smallest absolute Gasteiger partial charge is 0.262 e. The maximum atomic E-state index is 12.1. The third-order valence-corrected chi connectivity index (χ3v) is 4.34.